The van der Waals surface area contributed by atoms with Crippen LogP contribution in [0.4, 0.5) is 0 Å². The molecule has 0 amide bonds. The molecule has 0 fully saturated rings. The Kier molecular flexibility index (Phi) is 34.4. The molecule has 16 heavy (non-hydrogen) atoms. The van der Waals surface area contributed by atoms with E-state index in [1.54, 1.807) is 0 Å². The summed E-state index contributed by atoms with van der Waals surface area (Å²) < 4.78 is -0.750. The van der Waals surface area contributed by atoms with Gasteiger partial charge in [0, 0.05) is 0 Å². The fourth-order valence-corrected chi connectivity index (χ4v) is 1.000. The molecule has 0 aliphatic heterocycles. The SMILES string of the molecule is CCCCCC.CCCCCC.ClC(Cl)Cl. The third-order valence-electron chi connectivity index (χ3n) is 1.91. The van der Waals surface area contributed by atoms with Gasteiger partial charge in [0.1, 0.15) is 0 Å². The molecule has 0 rings (SSSR count). The third-order valence-corrected chi connectivity index (χ3v) is 1.91. The lowest BCUT2D eigenvalue weighted by Crippen LogP contribution is -1.66. The lowest BCUT2D eigenvalue weighted by Gasteiger charge is -1.86. The first-order valence-electron chi connectivity index (χ1n) is 6.48. The molecular formula is C13H29Cl3. The second-order valence-electron chi connectivity index (χ2n) is 3.66. The lowest BCUT2D eigenvalue weighted by atomic mass is 10.2. The van der Waals surface area contributed by atoms with Crippen molar-refractivity contribution >= 4 is 34.8 Å². The molecule has 0 radical (unpaired) electrons. The van der Waals surface area contributed by atoms with E-state index in [2.05, 4.69) is 27.7 Å². The first kappa shape index (κ1) is 22.1. The van der Waals surface area contributed by atoms with Crippen molar-refractivity contribution in [2.45, 2.75) is 83.4 Å². The van der Waals surface area contributed by atoms with E-state index in [4.69, 9.17) is 34.8 Å². The van der Waals surface area contributed by atoms with E-state index in [9.17, 15) is 0 Å². The summed E-state index contributed by atoms with van der Waals surface area (Å²) in [5.74, 6) is 0. The average Bonchev–Trinajstić information content (AvgIpc) is 2.23. The van der Waals surface area contributed by atoms with E-state index in [1.165, 1.54) is 51.4 Å². The van der Waals surface area contributed by atoms with Gasteiger partial charge in [0.25, 0.3) is 0 Å². The molecule has 102 valence electrons. The molecule has 0 nitrogen and oxygen atoms in total. The molecule has 0 spiro atoms. The summed E-state index contributed by atoms with van der Waals surface area (Å²) in [4.78, 5) is 0. The fraction of sp³-hybridized carbons (Fsp3) is 1.00. The van der Waals surface area contributed by atoms with Gasteiger partial charge in [0.15, 0.2) is 4.30 Å². The van der Waals surface area contributed by atoms with Gasteiger partial charge in [0.05, 0.1) is 0 Å². The zero-order chi connectivity index (χ0) is 13.2. The van der Waals surface area contributed by atoms with Gasteiger partial charge in [-0.25, -0.2) is 0 Å². The highest BCUT2D eigenvalue weighted by molar-refractivity contribution is 6.63. The summed E-state index contributed by atoms with van der Waals surface area (Å²) in [6, 6.07) is 0. The summed E-state index contributed by atoms with van der Waals surface area (Å²) >= 11 is 14.4. The predicted octanol–water partition coefficient (Wildman–Crippen LogP) is 7.16. The number of hydrogen-bond donors (Lipinski definition) is 0. The molecule has 0 heterocycles. The summed E-state index contributed by atoms with van der Waals surface area (Å²) in [7, 11) is 0. The van der Waals surface area contributed by atoms with Crippen molar-refractivity contribution in [3.8, 4) is 0 Å². The summed E-state index contributed by atoms with van der Waals surface area (Å²) in [5.41, 5.74) is 0. The molecule has 3 heteroatoms. The van der Waals surface area contributed by atoms with Gasteiger partial charge in [-0.05, 0) is 0 Å². The minimum absolute atomic E-state index is 0.750. The Morgan fingerprint density at radius 2 is 0.688 bits per heavy atom. The highest BCUT2D eigenvalue weighted by Crippen LogP contribution is 2.03. The van der Waals surface area contributed by atoms with Crippen molar-refractivity contribution in [3.05, 3.63) is 0 Å². The maximum Gasteiger partial charge on any atom is 0.180 e. The normalized spacial score (nSPS) is 9.00. The highest BCUT2D eigenvalue weighted by Gasteiger charge is 1.79. The summed E-state index contributed by atoms with van der Waals surface area (Å²) in [5, 5.41) is 0. The van der Waals surface area contributed by atoms with E-state index in [1.807, 2.05) is 0 Å². The molecule has 0 atom stereocenters. The van der Waals surface area contributed by atoms with Gasteiger partial charge in [-0.1, -0.05) is 114 Å². The van der Waals surface area contributed by atoms with Crippen molar-refractivity contribution in [2.75, 3.05) is 0 Å². The first-order valence-corrected chi connectivity index (χ1v) is 7.79. The molecule has 0 saturated heterocycles. The van der Waals surface area contributed by atoms with Crippen LogP contribution in [0.25, 0.3) is 0 Å². The minimum atomic E-state index is -0.750. The van der Waals surface area contributed by atoms with Gasteiger partial charge in [-0.2, -0.15) is 0 Å². The minimum Gasteiger partial charge on any atom is -0.0874 e. The predicted molar refractivity (Wildman–Crippen MR) is 81.0 cm³/mol. The Hall–Kier alpha value is 0.870. The maximum atomic E-state index is 4.81. The molecule has 0 aliphatic rings. The van der Waals surface area contributed by atoms with E-state index in [-0.39, 0.29) is 0 Å². The van der Waals surface area contributed by atoms with Gasteiger partial charge in [-0.3, -0.25) is 0 Å². The van der Waals surface area contributed by atoms with Gasteiger partial charge in [0.2, 0.25) is 0 Å². The number of unbranched alkanes of at least 4 members (excludes halogenated alkanes) is 6. The van der Waals surface area contributed by atoms with Crippen LogP contribution in [0.3, 0.4) is 0 Å². The van der Waals surface area contributed by atoms with Crippen LogP contribution in [0.5, 0.6) is 0 Å². The highest BCUT2D eigenvalue weighted by atomic mass is 35.6. The molecule has 0 bridgehead atoms. The number of alkyl halides is 3. The molecule has 0 saturated carbocycles. The quantitative estimate of drug-likeness (QED) is 0.360. The van der Waals surface area contributed by atoms with Gasteiger partial charge < -0.3 is 0 Å². The first-order chi connectivity index (χ1) is 7.56. The summed E-state index contributed by atoms with van der Waals surface area (Å²) in [6.07, 6.45) is 11.1. The maximum absolute atomic E-state index is 4.81. The Labute approximate surface area is 118 Å². The second kappa shape index (κ2) is 24.9. The van der Waals surface area contributed by atoms with Crippen molar-refractivity contribution in [2.24, 2.45) is 0 Å². The van der Waals surface area contributed by atoms with Crippen LogP contribution in [-0.4, -0.2) is 4.30 Å². The van der Waals surface area contributed by atoms with E-state index in [0.29, 0.717) is 0 Å². The van der Waals surface area contributed by atoms with Crippen LogP contribution >= 0.6 is 34.8 Å². The second-order valence-corrected chi connectivity index (χ2v) is 5.64. The standard InChI is InChI=1S/2C6H14.CHCl3/c2*1-3-5-6-4-2;2-1(3)4/h2*3-6H2,1-2H3;1H. The van der Waals surface area contributed by atoms with E-state index >= 15 is 0 Å². The third kappa shape index (κ3) is 60.6. The van der Waals surface area contributed by atoms with Gasteiger partial charge >= 0.3 is 0 Å². The fourth-order valence-electron chi connectivity index (χ4n) is 1.000. The molecule has 0 unspecified atom stereocenters. The molecule has 0 N–H and O–H groups in total. The van der Waals surface area contributed by atoms with Gasteiger partial charge in [-0.15, -0.1) is 0 Å². The van der Waals surface area contributed by atoms with Crippen LogP contribution in [0.1, 0.15) is 79.1 Å². The van der Waals surface area contributed by atoms with Crippen molar-refractivity contribution in [1.82, 2.24) is 0 Å². The van der Waals surface area contributed by atoms with Crippen molar-refractivity contribution in [1.29, 1.82) is 0 Å². The Morgan fingerprint density at radius 3 is 0.750 bits per heavy atom. The molecule has 0 aromatic heterocycles. The van der Waals surface area contributed by atoms with E-state index < -0.39 is 4.30 Å². The monoisotopic (exact) mass is 290 g/mol. The van der Waals surface area contributed by atoms with Crippen LogP contribution in [-0.2, 0) is 0 Å². The number of halogens is 3. The van der Waals surface area contributed by atoms with Crippen LogP contribution in [0.2, 0.25) is 0 Å². The Balaban J connectivity index is -0.000000162. The average molecular weight is 292 g/mol. The molecule has 0 aromatic carbocycles. The number of hydrogen-bond acceptors (Lipinski definition) is 0. The molecular weight excluding hydrogens is 263 g/mol. The largest absolute Gasteiger partial charge is 0.180 e. The topological polar surface area (TPSA) is 0 Å². The van der Waals surface area contributed by atoms with Crippen molar-refractivity contribution in [3.63, 3.8) is 0 Å². The zero-order valence-electron chi connectivity index (χ0n) is 11.4. The van der Waals surface area contributed by atoms with Crippen LogP contribution in [0, 0.1) is 0 Å². The van der Waals surface area contributed by atoms with E-state index in [0.717, 1.165) is 0 Å². The van der Waals surface area contributed by atoms with Crippen molar-refractivity contribution < 1.29 is 0 Å². The smallest absolute Gasteiger partial charge is 0.0874 e. The number of rotatable bonds is 6. The summed E-state index contributed by atoms with van der Waals surface area (Å²) in [6.45, 7) is 8.93. The lowest BCUT2D eigenvalue weighted by molar-refractivity contribution is 0.702. The Morgan fingerprint density at radius 1 is 0.562 bits per heavy atom. The zero-order valence-corrected chi connectivity index (χ0v) is 13.6. The van der Waals surface area contributed by atoms with Crippen LogP contribution < -0.4 is 0 Å². The molecule has 0 aliphatic carbocycles. The Bertz CT molecular complexity index is 66.5. The molecule has 0 aromatic rings. The van der Waals surface area contributed by atoms with Crippen LogP contribution in [0.15, 0.2) is 0 Å².